The number of carbonyl (C=O) groups excluding carboxylic acids is 1. The number of aromatic nitrogens is 2. The maximum Gasteiger partial charge on any atom is 0.244 e. The average molecular weight is 304 g/mol. The Morgan fingerprint density at radius 3 is 3.00 bits per heavy atom. The molecule has 1 N–H and O–H groups in total. The number of halogens is 1. The van der Waals surface area contributed by atoms with Gasteiger partial charge in [-0.05, 0) is 25.5 Å². The molecule has 1 saturated heterocycles. The molecule has 22 heavy (non-hydrogen) atoms. The van der Waals surface area contributed by atoms with E-state index in [9.17, 15) is 9.18 Å². The molecule has 1 fully saturated rings. The molecule has 1 amide bonds. The van der Waals surface area contributed by atoms with Gasteiger partial charge in [-0.25, -0.2) is 4.39 Å². The summed E-state index contributed by atoms with van der Waals surface area (Å²) in [6, 6.07) is 4.66. The molecule has 3 rings (SSSR count). The first-order chi connectivity index (χ1) is 10.5. The fraction of sp³-hybridized carbons (Fsp3) is 0.400. The summed E-state index contributed by atoms with van der Waals surface area (Å²) in [6.45, 7) is 5.24. The van der Waals surface area contributed by atoms with E-state index in [4.69, 9.17) is 4.52 Å². The van der Waals surface area contributed by atoms with Crippen LogP contribution in [0.2, 0.25) is 0 Å². The first kappa shape index (κ1) is 14.6. The number of aryl methyl sites for hydroxylation is 1. The number of benzene rings is 1. The number of amides is 1. The molecule has 2 heterocycles. The number of piperazine rings is 1. The molecule has 2 aromatic rings. The normalized spacial score (nSPS) is 17.3. The molecule has 1 aliphatic heterocycles. The standard InChI is InChI=1S/C15H17FN4O2/c1-9-3-4-11(7-12(9)16)14-18-15(22-19-14)10(2)20-6-5-17-13(21)8-20/h3-4,7,10H,5-6,8H2,1-2H3,(H,17,21). The quantitative estimate of drug-likeness (QED) is 0.934. The van der Waals surface area contributed by atoms with Crippen molar-refractivity contribution < 1.29 is 13.7 Å². The van der Waals surface area contributed by atoms with Crippen LogP contribution in [0.15, 0.2) is 22.7 Å². The summed E-state index contributed by atoms with van der Waals surface area (Å²) in [5, 5.41) is 6.68. The third-order valence-electron chi connectivity index (χ3n) is 3.84. The second-order valence-corrected chi connectivity index (χ2v) is 5.42. The van der Waals surface area contributed by atoms with Crippen molar-refractivity contribution in [1.29, 1.82) is 0 Å². The van der Waals surface area contributed by atoms with Crippen LogP contribution in [-0.2, 0) is 4.79 Å². The van der Waals surface area contributed by atoms with Gasteiger partial charge >= 0.3 is 0 Å². The monoisotopic (exact) mass is 304 g/mol. The lowest BCUT2D eigenvalue weighted by Crippen LogP contribution is -2.48. The lowest BCUT2D eigenvalue weighted by Gasteiger charge is -2.29. The summed E-state index contributed by atoms with van der Waals surface area (Å²) in [5.41, 5.74) is 1.14. The highest BCUT2D eigenvalue weighted by Gasteiger charge is 2.26. The summed E-state index contributed by atoms with van der Waals surface area (Å²) >= 11 is 0. The van der Waals surface area contributed by atoms with Crippen molar-refractivity contribution >= 4 is 5.91 Å². The van der Waals surface area contributed by atoms with Crippen molar-refractivity contribution in [3.8, 4) is 11.4 Å². The van der Waals surface area contributed by atoms with E-state index in [0.717, 1.165) is 6.54 Å². The van der Waals surface area contributed by atoms with Gasteiger partial charge in [-0.3, -0.25) is 9.69 Å². The van der Waals surface area contributed by atoms with Crippen LogP contribution in [0.1, 0.15) is 24.4 Å². The Bertz CT molecular complexity index is 701. The zero-order valence-corrected chi connectivity index (χ0v) is 12.5. The van der Waals surface area contributed by atoms with Crippen molar-refractivity contribution in [3.63, 3.8) is 0 Å². The Morgan fingerprint density at radius 2 is 2.27 bits per heavy atom. The van der Waals surface area contributed by atoms with Crippen molar-refractivity contribution in [2.24, 2.45) is 0 Å². The molecule has 0 aliphatic carbocycles. The van der Waals surface area contributed by atoms with Gasteiger partial charge in [-0.1, -0.05) is 17.3 Å². The molecule has 1 aromatic heterocycles. The molecule has 1 aliphatic rings. The highest BCUT2D eigenvalue weighted by atomic mass is 19.1. The lowest BCUT2D eigenvalue weighted by molar-refractivity contribution is -0.125. The van der Waals surface area contributed by atoms with Crippen LogP contribution in [0.25, 0.3) is 11.4 Å². The zero-order chi connectivity index (χ0) is 15.7. The topological polar surface area (TPSA) is 71.3 Å². The number of hydrogen-bond acceptors (Lipinski definition) is 5. The van der Waals surface area contributed by atoms with E-state index in [1.54, 1.807) is 19.1 Å². The van der Waals surface area contributed by atoms with Gasteiger partial charge in [0.25, 0.3) is 0 Å². The van der Waals surface area contributed by atoms with Gasteiger partial charge < -0.3 is 9.84 Å². The molecule has 0 saturated carbocycles. The number of rotatable bonds is 3. The smallest absolute Gasteiger partial charge is 0.244 e. The minimum atomic E-state index is -0.301. The predicted octanol–water partition coefficient (Wildman–Crippen LogP) is 1.68. The molecule has 0 spiro atoms. The Morgan fingerprint density at radius 1 is 1.45 bits per heavy atom. The fourth-order valence-corrected chi connectivity index (χ4v) is 2.40. The summed E-state index contributed by atoms with van der Waals surface area (Å²) in [6.07, 6.45) is 0. The molecule has 1 atom stereocenters. The highest BCUT2D eigenvalue weighted by Crippen LogP contribution is 2.23. The molecule has 0 bridgehead atoms. The number of nitrogens with zero attached hydrogens (tertiary/aromatic N) is 3. The second-order valence-electron chi connectivity index (χ2n) is 5.42. The number of carbonyl (C=O) groups is 1. The van der Waals surface area contributed by atoms with E-state index in [-0.39, 0.29) is 17.8 Å². The van der Waals surface area contributed by atoms with Gasteiger partial charge in [0.15, 0.2) is 0 Å². The molecule has 6 nitrogen and oxygen atoms in total. The first-order valence-electron chi connectivity index (χ1n) is 7.15. The van der Waals surface area contributed by atoms with Gasteiger partial charge in [0.1, 0.15) is 5.82 Å². The predicted molar refractivity (Wildman–Crippen MR) is 77.4 cm³/mol. The lowest BCUT2D eigenvalue weighted by atomic mass is 10.1. The van der Waals surface area contributed by atoms with Gasteiger partial charge in [0.05, 0.1) is 12.6 Å². The summed E-state index contributed by atoms with van der Waals surface area (Å²) < 4.78 is 18.9. The van der Waals surface area contributed by atoms with Crippen molar-refractivity contribution in [1.82, 2.24) is 20.4 Å². The molecule has 7 heteroatoms. The Kier molecular flexibility index (Phi) is 3.89. The summed E-state index contributed by atoms with van der Waals surface area (Å²) in [7, 11) is 0. The Labute approximate surface area is 127 Å². The van der Waals surface area contributed by atoms with Crippen molar-refractivity contribution in [2.75, 3.05) is 19.6 Å². The fourth-order valence-electron chi connectivity index (χ4n) is 2.40. The largest absolute Gasteiger partial charge is 0.354 e. The van der Waals surface area contributed by atoms with Crippen LogP contribution < -0.4 is 5.32 Å². The second kappa shape index (κ2) is 5.84. The van der Waals surface area contributed by atoms with E-state index < -0.39 is 0 Å². The van der Waals surface area contributed by atoms with Crippen LogP contribution in [-0.4, -0.2) is 40.6 Å². The van der Waals surface area contributed by atoms with Gasteiger partial charge in [-0.15, -0.1) is 0 Å². The molecule has 1 aromatic carbocycles. The minimum absolute atomic E-state index is 0.0153. The van der Waals surface area contributed by atoms with Crippen LogP contribution in [0.3, 0.4) is 0 Å². The zero-order valence-electron chi connectivity index (χ0n) is 12.5. The average Bonchev–Trinajstić information content (AvgIpc) is 2.99. The maximum absolute atomic E-state index is 13.6. The number of hydrogen-bond donors (Lipinski definition) is 1. The van der Waals surface area contributed by atoms with E-state index >= 15 is 0 Å². The minimum Gasteiger partial charge on any atom is -0.354 e. The van der Waals surface area contributed by atoms with Gasteiger partial charge in [-0.2, -0.15) is 4.98 Å². The Hall–Kier alpha value is -2.28. The van der Waals surface area contributed by atoms with Crippen LogP contribution >= 0.6 is 0 Å². The van der Waals surface area contributed by atoms with Gasteiger partial charge in [0.2, 0.25) is 17.6 Å². The molecule has 1 unspecified atom stereocenters. The summed E-state index contributed by atoms with van der Waals surface area (Å²) in [5.74, 6) is 0.455. The van der Waals surface area contributed by atoms with Crippen LogP contribution in [0.5, 0.6) is 0 Å². The molecular weight excluding hydrogens is 287 g/mol. The van der Waals surface area contributed by atoms with E-state index in [1.165, 1.54) is 6.07 Å². The van der Waals surface area contributed by atoms with Crippen molar-refractivity contribution in [3.05, 3.63) is 35.5 Å². The van der Waals surface area contributed by atoms with Crippen LogP contribution in [0.4, 0.5) is 4.39 Å². The molecule has 0 radical (unpaired) electrons. The maximum atomic E-state index is 13.6. The van der Waals surface area contributed by atoms with E-state index in [1.807, 2.05) is 11.8 Å². The molecular formula is C15H17FN4O2. The Balaban J connectivity index is 1.80. The molecule has 116 valence electrons. The van der Waals surface area contributed by atoms with Crippen molar-refractivity contribution in [2.45, 2.75) is 19.9 Å². The SMILES string of the molecule is Cc1ccc(-c2noc(C(C)N3CCNC(=O)C3)n2)cc1F. The number of nitrogens with one attached hydrogen (secondary N) is 1. The third-order valence-corrected chi connectivity index (χ3v) is 3.84. The third kappa shape index (κ3) is 2.85. The van der Waals surface area contributed by atoms with E-state index in [2.05, 4.69) is 15.5 Å². The highest BCUT2D eigenvalue weighted by molar-refractivity contribution is 5.78. The summed E-state index contributed by atoms with van der Waals surface area (Å²) in [4.78, 5) is 17.7. The van der Waals surface area contributed by atoms with E-state index in [0.29, 0.717) is 35.9 Å². The first-order valence-corrected chi connectivity index (χ1v) is 7.15. The van der Waals surface area contributed by atoms with Gasteiger partial charge in [0, 0.05) is 18.7 Å². The van der Waals surface area contributed by atoms with Crippen LogP contribution in [0, 0.1) is 12.7 Å².